The van der Waals surface area contributed by atoms with E-state index < -0.39 is 5.97 Å². The summed E-state index contributed by atoms with van der Waals surface area (Å²) in [5, 5.41) is 0. The van der Waals surface area contributed by atoms with Crippen molar-refractivity contribution in [3.63, 3.8) is 0 Å². The Morgan fingerprint density at radius 1 is 1.00 bits per heavy atom. The van der Waals surface area contributed by atoms with E-state index in [9.17, 15) is 9.59 Å². The molecule has 0 heterocycles. The molecule has 0 aliphatic heterocycles. The van der Waals surface area contributed by atoms with Crippen LogP contribution in [-0.4, -0.2) is 25.0 Å². The lowest BCUT2D eigenvalue weighted by atomic mass is 10.1. The normalized spacial score (nSPS) is 11.7. The van der Waals surface area contributed by atoms with Gasteiger partial charge >= 0.3 is 5.97 Å². The summed E-state index contributed by atoms with van der Waals surface area (Å²) < 4.78 is 9.83. The zero-order valence-corrected chi connectivity index (χ0v) is 9.05. The maximum absolute atomic E-state index is 11.3. The van der Waals surface area contributed by atoms with E-state index in [2.05, 4.69) is 0 Å². The average molecular weight is 200 g/mol. The van der Waals surface area contributed by atoms with Gasteiger partial charge in [0.25, 0.3) is 0 Å². The van der Waals surface area contributed by atoms with Crippen molar-refractivity contribution in [1.82, 2.24) is 0 Å². The van der Waals surface area contributed by atoms with E-state index in [4.69, 9.17) is 9.47 Å². The number of ketones is 1. The number of carbonyl (C=O) groups is 2. The average Bonchev–Trinajstić information content (AvgIpc) is 2.04. The van der Waals surface area contributed by atoms with E-state index in [1.165, 1.54) is 6.92 Å². The van der Waals surface area contributed by atoms with Crippen LogP contribution in [0.25, 0.3) is 0 Å². The third-order valence-corrected chi connectivity index (χ3v) is 1.54. The quantitative estimate of drug-likeness (QED) is 0.221. The lowest BCUT2D eigenvalue weighted by molar-refractivity contribution is -0.140. The standard InChI is InChI=1S/C10H16O4/c1-5-13-8(4)9(7(3)11)10(12)14-6-2/h5-6H2,1-4H3. The molecule has 0 saturated carbocycles. The molecule has 0 aromatic heterocycles. The van der Waals surface area contributed by atoms with Crippen molar-refractivity contribution in [3.8, 4) is 0 Å². The Bertz CT molecular complexity index is 253. The highest BCUT2D eigenvalue weighted by atomic mass is 16.5. The maximum atomic E-state index is 11.3. The van der Waals surface area contributed by atoms with Crippen LogP contribution >= 0.6 is 0 Å². The number of ether oxygens (including phenoxy) is 2. The molecule has 4 nitrogen and oxygen atoms in total. The van der Waals surface area contributed by atoms with Gasteiger partial charge in [0.05, 0.1) is 13.2 Å². The molecule has 80 valence electrons. The van der Waals surface area contributed by atoms with Crippen LogP contribution in [0, 0.1) is 0 Å². The molecule has 0 rings (SSSR count). The molecule has 0 atom stereocenters. The van der Waals surface area contributed by atoms with Gasteiger partial charge in [-0.25, -0.2) is 4.79 Å². The molecule has 0 N–H and O–H groups in total. The van der Waals surface area contributed by atoms with E-state index in [0.29, 0.717) is 12.4 Å². The van der Waals surface area contributed by atoms with Crippen LogP contribution in [0.3, 0.4) is 0 Å². The van der Waals surface area contributed by atoms with Gasteiger partial charge in [0.1, 0.15) is 11.3 Å². The molecule has 0 amide bonds. The molecule has 0 spiro atoms. The number of esters is 1. The molecule has 0 radical (unpaired) electrons. The number of carbonyl (C=O) groups excluding carboxylic acids is 2. The zero-order chi connectivity index (χ0) is 11.1. The van der Waals surface area contributed by atoms with Crippen LogP contribution in [-0.2, 0) is 19.1 Å². The van der Waals surface area contributed by atoms with E-state index in [1.807, 2.05) is 0 Å². The van der Waals surface area contributed by atoms with Gasteiger partial charge in [-0.05, 0) is 27.7 Å². The zero-order valence-electron chi connectivity index (χ0n) is 9.05. The van der Waals surface area contributed by atoms with E-state index in [0.717, 1.165) is 0 Å². The first kappa shape index (κ1) is 12.7. The first-order valence-electron chi connectivity index (χ1n) is 4.56. The van der Waals surface area contributed by atoms with Crippen LogP contribution in [0.1, 0.15) is 27.7 Å². The molecule has 0 unspecified atom stereocenters. The Morgan fingerprint density at radius 3 is 1.86 bits per heavy atom. The monoisotopic (exact) mass is 200 g/mol. The van der Waals surface area contributed by atoms with Crippen molar-refractivity contribution >= 4 is 11.8 Å². The smallest absolute Gasteiger partial charge is 0.345 e. The molecule has 0 saturated heterocycles. The van der Waals surface area contributed by atoms with E-state index >= 15 is 0 Å². The molecule has 0 bridgehead atoms. The van der Waals surface area contributed by atoms with E-state index in [-0.39, 0.29) is 18.0 Å². The molecule has 0 aromatic carbocycles. The van der Waals surface area contributed by atoms with Crippen molar-refractivity contribution < 1.29 is 19.1 Å². The largest absolute Gasteiger partial charge is 0.497 e. The van der Waals surface area contributed by atoms with Crippen LogP contribution in [0.15, 0.2) is 11.3 Å². The van der Waals surface area contributed by atoms with Crippen LogP contribution in [0.2, 0.25) is 0 Å². The predicted molar refractivity (Wildman–Crippen MR) is 51.6 cm³/mol. The Balaban J connectivity index is 4.83. The molecule has 0 fully saturated rings. The summed E-state index contributed by atoms with van der Waals surface area (Å²) in [6, 6.07) is 0. The number of hydrogen-bond acceptors (Lipinski definition) is 4. The molecule has 0 aromatic rings. The van der Waals surface area contributed by atoms with Crippen molar-refractivity contribution in [2.45, 2.75) is 27.7 Å². The fraction of sp³-hybridized carbons (Fsp3) is 0.600. The third kappa shape index (κ3) is 3.60. The molecular weight excluding hydrogens is 184 g/mol. The highest BCUT2D eigenvalue weighted by molar-refractivity contribution is 6.16. The van der Waals surface area contributed by atoms with Gasteiger partial charge in [-0.1, -0.05) is 0 Å². The minimum absolute atomic E-state index is 0.00583. The maximum Gasteiger partial charge on any atom is 0.345 e. The number of hydrogen-bond donors (Lipinski definition) is 0. The summed E-state index contributed by atoms with van der Waals surface area (Å²) in [6.45, 7) is 7.03. The summed E-state index contributed by atoms with van der Waals surface area (Å²) in [5.74, 6) is -0.640. The van der Waals surface area contributed by atoms with Gasteiger partial charge in [0.15, 0.2) is 5.78 Å². The summed E-state index contributed by atoms with van der Waals surface area (Å²) in [7, 11) is 0. The number of allylic oxidation sites excluding steroid dienone is 1. The lowest BCUT2D eigenvalue weighted by Gasteiger charge is -2.08. The summed E-state index contributed by atoms with van der Waals surface area (Å²) in [6.07, 6.45) is 0. The Kier molecular flexibility index (Phi) is 5.60. The van der Waals surface area contributed by atoms with Gasteiger partial charge in [0.2, 0.25) is 0 Å². The molecule has 0 aliphatic rings. The minimum Gasteiger partial charge on any atom is -0.497 e. The fourth-order valence-electron chi connectivity index (χ4n) is 1.03. The van der Waals surface area contributed by atoms with Crippen LogP contribution < -0.4 is 0 Å². The van der Waals surface area contributed by atoms with Gasteiger partial charge in [-0.15, -0.1) is 0 Å². The van der Waals surface area contributed by atoms with Crippen LogP contribution in [0.4, 0.5) is 0 Å². The first-order chi connectivity index (χ1) is 6.54. The highest BCUT2D eigenvalue weighted by Crippen LogP contribution is 2.09. The first-order valence-corrected chi connectivity index (χ1v) is 4.56. The van der Waals surface area contributed by atoms with Crippen LogP contribution in [0.5, 0.6) is 0 Å². The molecule has 0 aliphatic carbocycles. The van der Waals surface area contributed by atoms with Gasteiger partial charge in [0, 0.05) is 0 Å². The third-order valence-electron chi connectivity index (χ3n) is 1.54. The summed E-state index contributed by atoms with van der Waals surface area (Å²) in [5.41, 5.74) is -0.00583. The molecule has 14 heavy (non-hydrogen) atoms. The lowest BCUT2D eigenvalue weighted by Crippen LogP contribution is -2.16. The van der Waals surface area contributed by atoms with Crippen molar-refractivity contribution in [2.24, 2.45) is 0 Å². The summed E-state index contributed by atoms with van der Waals surface area (Å²) >= 11 is 0. The second-order valence-electron chi connectivity index (χ2n) is 2.64. The van der Waals surface area contributed by atoms with Gasteiger partial charge < -0.3 is 9.47 Å². The molecular formula is C10H16O4. The van der Waals surface area contributed by atoms with Gasteiger partial charge in [-0.2, -0.15) is 0 Å². The van der Waals surface area contributed by atoms with Crippen molar-refractivity contribution in [3.05, 3.63) is 11.3 Å². The second kappa shape index (κ2) is 6.18. The van der Waals surface area contributed by atoms with Gasteiger partial charge in [-0.3, -0.25) is 4.79 Å². The Morgan fingerprint density at radius 2 is 1.50 bits per heavy atom. The minimum atomic E-state index is -0.619. The van der Waals surface area contributed by atoms with Crippen molar-refractivity contribution in [2.75, 3.05) is 13.2 Å². The predicted octanol–water partition coefficient (Wildman–Crippen LogP) is 1.45. The number of rotatable bonds is 5. The second-order valence-corrected chi connectivity index (χ2v) is 2.64. The summed E-state index contributed by atoms with van der Waals surface area (Å²) in [4.78, 5) is 22.5. The number of Topliss-reactive ketones (excluding diaryl/α,β-unsaturated/α-hetero) is 1. The Hall–Kier alpha value is -1.32. The highest BCUT2D eigenvalue weighted by Gasteiger charge is 2.19. The fourth-order valence-corrected chi connectivity index (χ4v) is 1.03. The van der Waals surface area contributed by atoms with E-state index in [1.54, 1.807) is 20.8 Å². The van der Waals surface area contributed by atoms with Crippen molar-refractivity contribution in [1.29, 1.82) is 0 Å². The molecule has 4 heteroatoms. The SMILES string of the molecule is CCOC(=O)C(C(C)=O)=C(C)OCC. The Labute approximate surface area is 83.9 Å². The topological polar surface area (TPSA) is 52.6 Å².